The normalized spacial score (nSPS) is 16.8. The highest BCUT2D eigenvalue weighted by Gasteiger charge is 2.28. The zero-order valence-electron chi connectivity index (χ0n) is 16.9. The van der Waals surface area contributed by atoms with Gasteiger partial charge in [-0.3, -0.25) is 9.69 Å². The first-order valence-electron chi connectivity index (χ1n) is 10.3. The van der Waals surface area contributed by atoms with Crippen LogP contribution in [0.3, 0.4) is 0 Å². The molecule has 31 heavy (non-hydrogen) atoms. The predicted octanol–water partition coefficient (Wildman–Crippen LogP) is 5.81. The fourth-order valence-electron chi connectivity index (χ4n) is 3.70. The molecule has 0 saturated carbocycles. The molecule has 0 spiro atoms. The molecule has 1 saturated heterocycles. The molecular formula is C26H21N3OS. The van der Waals surface area contributed by atoms with E-state index >= 15 is 0 Å². The predicted molar refractivity (Wildman–Crippen MR) is 129 cm³/mol. The van der Waals surface area contributed by atoms with Gasteiger partial charge >= 0.3 is 0 Å². The summed E-state index contributed by atoms with van der Waals surface area (Å²) >= 11 is 1.79. The number of hydrogen-bond donors (Lipinski definition) is 0. The van der Waals surface area contributed by atoms with Crippen molar-refractivity contribution in [2.45, 2.75) is 11.8 Å². The summed E-state index contributed by atoms with van der Waals surface area (Å²) in [7, 11) is 0. The molecule has 1 aliphatic heterocycles. The van der Waals surface area contributed by atoms with Crippen LogP contribution in [-0.4, -0.2) is 27.0 Å². The Hall–Kier alpha value is -3.44. The van der Waals surface area contributed by atoms with Crippen LogP contribution in [0.1, 0.15) is 12.0 Å². The summed E-state index contributed by atoms with van der Waals surface area (Å²) in [5.41, 5.74) is 4.65. The lowest BCUT2D eigenvalue weighted by Gasteiger charge is -2.33. The minimum Gasteiger partial charge on any atom is -0.296 e. The number of nitrogens with zero attached hydrogens (tertiary/aromatic N) is 3. The zero-order chi connectivity index (χ0) is 21.0. The number of benzene rings is 2. The van der Waals surface area contributed by atoms with Crippen LogP contribution in [0.5, 0.6) is 0 Å². The number of anilines is 1. The highest BCUT2D eigenvalue weighted by molar-refractivity contribution is 8.00. The quantitative estimate of drug-likeness (QED) is 0.416. The molecule has 4 nitrogen and oxygen atoms in total. The van der Waals surface area contributed by atoms with E-state index in [4.69, 9.17) is 0 Å². The highest BCUT2D eigenvalue weighted by atomic mass is 32.2. The molecular weight excluding hydrogens is 402 g/mol. The number of pyridine rings is 2. The van der Waals surface area contributed by atoms with E-state index in [1.54, 1.807) is 18.0 Å². The van der Waals surface area contributed by atoms with Gasteiger partial charge in [0.1, 0.15) is 5.37 Å². The maximum Gasteiger partial charge on any atom is 0.229 e. The minimum atomic E-state index is -0.0182. The molecule has 1 amide bonds. The Morgan fingerprint density at radius 2 is 1.77 bits per heavy atom. The first-order chi connectivity index (χ1) is 15.3. The molecule has 1 aliphatic rings. The monoisotopic (exact) mass is 423 g/mol. The van der Waals surface area contributed by atoms with E-state index in [1.165, 1.54) is 0 Å². The van der Waals surface area contributed by atoms with Gasteiger partial charge in [0.15, 0.2) is 5.65 Å². The van der Waals surface area contributed by atoms with Crippen molar-refractivity contribution in [2.24, 2.45) is 0 Å². The molecule has 1 fully saturated rings. The Bertz CT molecular complexity index is 1240. The van der Waals surface area contributed by atoms with Crippen LogP contribution in [0.2, 0.25) is 0 Å². The van der Waals surface area contributed by atoms with E-state index in [2.05, 4.69) is 34.3 Å². The summed E-state index contributed by atoms with van der Waals surface area (Å²) in [6.07, 6.45) is 6.51. The van der Waals surface area contributed by atoms with Crippen molar-refractivity contribution in [2.75, 3.05) is 10.7 Å². The molecule has 5 rings (SSSR count). The van der Waals surface area contributed by atoms with Gasteiger partial charge in [-0.05, 0) is 42.0 Å². The van der Waals surface area contributed by atoms with Crippen molar-refractivity contribution >= 4 is 40.5 Å². The minimum absolute atomic E-state index is 0.0182. The van der Waals surface area contributed by atoms with Crippen LogP contribution in [0.15, 0.2) is 91.1 Å². The highest BCUT2D eigenvalue weighted by Crippen LogP contribution is 2.32. The van der Waals surface area contributed by atoms with Gasteiger partial charge in [-0.2, -0.15) is 0 Å². The number of amides is 1. The average Bonchev–Trinajstić information content (AvgIpc) is 2.83. The van der Waals surface area contributed by atoms with Crippen molar-refractivity contribution < 1.29 is 4.79 Å². The van der Waals surface area contributed by atoms with Gasteiger partial charge in [0, 0.05) is 35.0 Å². The Kier molecular flexibility index (Phi) is 5.50. The van der Waals surface area contributed by atoms with E-state index in [9.17, 15) is 4.79 Å². The lowest BCUT2D eigenvalue weighted by molar-refractivity contribution is -0.118. The molecule has 0 bridgehead atoms. The zero-order valence-corrected chi connectivity index (χ0v) is 17.7. The molecule has 0 N–H and O–H groups in total. The Morgan fingerprint density at radius 1 is 0.935 bits per heavy atom. The number of aromatic nitrogens is 2. The Labute approximate surface area is 185 Å². The fraction of sp³-hybridized carbons (Fsp3) is 0.115. The first kappa shape index (κ1) is 19.5. The number of rotatable bonds is 4. The van der Waals surface area contributed by atoms with Gasteiger partial charge in [-0.1, -0.05) is 54.6 Å². The van der Waals surface area contributed by atoms with E-state index in [0.717, 1.165) is 39.3 Å². The standard InChI is InChI=1S/C26H21N3OS/c30-24-16-18-31-25(15-8-19-5-2-1-3-6-19)29(24)22-12-9-20(10-13-22)23-14-11-21-7-4-17-27-26(21)28-23/h1-15,17,25H,16,18H2/b15-8+. The van der Waals surface area contributed by atoms with E-state index in [0.29, 0.717) is 6.42 Å². The second-order valence-corrected chi connectivity index (χ2v) is 8.56. The first-order valence-corrected chi connectivity index (χ1v) is 11.3. The van der Waals surface area contributed by atoms with Crippen LogP contribution < -0.4 is 4.90 Å². The molecule has 5 heteroatoms. The summed E-state index contributed by atoms with van der Waals surface area (Å²) in [6.45, 7) is 0. The van der Waals surface area contributed by atoms with Crippen LogP contribution in [0.4, 0.5) is 5.69 Å². The third kappa shape index (κ3) is 4.23. The van der Waals surface area contributed by atoms with Gasteiger partial charge in [0.05, 0.1) is 5.69 Å². The average molecular weight is 424 g/mol. The molecule has 3 heterocycles. The second kappa shape index (κ2) is 8.74. The molecule has 1 atom stereocenters. The molecule has 2 aromatic heterocycles. The summed E-state index contributed by atoms with van der Waals surface area (Å²) in [5.74, 6) is 0.993. The molecule has 0 aliphatic carbocycles. The molecule has 4 aromatic rings. The van der Waals surface area contributed by atoms with E-state index in [-0.39, 0.29) is 11.3 Å². The second-order valence-electron chi connectivity index (χ2n) is 7.34. The smallest absolute Gasteiger partial charge is 0.229 e. The number of hydrogen-bond acceptors (Lipinski definition) is 4. The number of thioether (sulfide) groups is 1. The third-order valence-electron chi connectivity index (χ3n) is 5.29. The topological polar surface area (TPSA) is 46.1 Å². The summed E-state index contributed by atoms with van der Waals surface area (Å²) in [6, 6.07) is 26.2. The lowest BCUT2D eigenvalue weighted by Crippen LogP contribution is -2.41. The fourth-order valence-corrected chi connectivity index (χ4v) is 4.81. The number of carbonyl (C=O) groups is 1. The van der Waals surface area contributed by atoms with Crippen molar-refractivity contribution in [3.8, 4) is 11.3 Å². The van der Waals surface area contributed by atoms with E-state index in [1.807, 2.05) is 71.6 Å². The van der Waals surface area contributed by atoms with Crippen molar-refractivity contribution in [1.82, 2.24) is 9.97 Å². The van der Waals surface area contributed by atoms with Crippen LogP contribution in [0.25, 0.3) is 28.4 Å². The number of fused-ring (bicyclic) bond motifs is 1. The van der Waals surface area contributed by atoms with Gasteiger partial charge in [-0.15, -0.1) is 11.8 Å². The van der Waals surface area contributed by atoms with Crippen molar-refractivity contribution in [1.29, 1.82) is 0 Å². The van der Waals surface area contributed by atoms with Crippen molar-refractivity contribution in [3.63, 3.8) is 0 Å². The van der Waals surface area contributed by atoms with Gasteiger partial charge in [-0.25, -0.2) is 9.97 Å². The SMILES string of the molecule is O=C1CCSC(/C=C/c2ccccc2)N1c1ccc(-c2ccc3cccnc3n2)cc1. The van der Waals surface area contributed by atoms with Crippen LogP contribution in [0, 0.1) is 0 Å². The van der Waals surface area contributed by atoms with Gasteiger partial charge < -0.3 is 0 Å². The van der Waals surface area contributed by atoms with Gasteiger partial charge in [0.2, 0.25) is 5.91 Å². The van der Waals surface area contributed by atoms with Crippen LogP contribution in [-0.2, 0) is 4.79 Å². The molecule has 2 aromatic carbocycles. The molecule has 1 unspecified atom stereocenters. The maximum atomic E-state index is 12.8. The van der Waals surface area contributed by atoms with Gasteiger partial charge in [0.25, 0.3) is 0 Å². The maximum absolute atomic E-state index is 12.8. The number of carbonyl (C=O) groups excluding carboxylic acids is 1. The lowest BCUT2D eigenvalue weighted by atomic mass is 10.1. The van der Waals surface area contributed by atoms with Crippen molar-refractivity contribution in [3.05, 3.63) is 96.7 Å². The summed E-state index contributed by atoms with van der Waals surface area (Å²) in [5, 5.41) is 1.00. The Balaban J connectivity index is 1.42. The Morgan fingerprint density at radius 3 is 2.61 bits per heavy atom. The molecule has 152 valence electrons. The summed E-state index contributed by atoms with van der Waals surface area (Å²) in [4.78, 5) is 23.7. The largest absolute Gasteiger partial charge is 0.296 e. The summed E-state index contributed by atoms with van der Waals surface area (Å²) < 4.78 is 0. The third-order valence-corrected chi connectivity index (χ3v) is 6.44. The molecule has 0 radical (unpaired) electrons. The van der Waals surface area contributed by atoms with E-state index < -0.39 is 0 Å². The van der Waals surface area contributed by atoms with Crippen LogP contribution >= 0.6 is 11.8 Å².